The van der Waals surface area contributed by atoms with Gasteiger partial charge in [-0.15, -0.1) is 6.58 Å². The van der Waals surface area contributed by atoms with Crippen molar-refractivity contribution < 1.29 is 14.6 Å². The number of hydrogen-bond acceptors (Lipinski definition) is 4. The first-order valence-corrected chi connectivity index (χ1v) is 10.1. The van der Waals surface area contributed by atoms with Crippen molar-refractivity contribution in [1.29, 1.82) is 0 Å². The van der Waals surface area contributed by atoms with E-state index >= 15 is 0 Å². The van der Waals surface area contributed by atoms with Gasteiger partial charge in [0.2, 0.25) is 0 Å². The topological polar surface area (TPSA) is 50.7 Å². The molecule has 4 nitrogen and oxygen atoms in total. The van der Waals surface area contributed by atoms with E-state index in [0.717, 1.165) is 25.8 Å². The average molecular weight is 358 g/mol. The summed E-state index contributed by atoms with van der Waals surface area (Å²) < 4.78 is 11.9. The summed E-state index contributed by atoms with van der Waals surface area (Å²) >= 11 is 0. The lowest BCUT2D eigenvalue weighted by Crippen LogP contribution is -2.40. The Morgan fingerprint density at radius 3 is 2.24 bits per heavy atom. The molecule has 0 fully saturated rings. The smallest absolute Gasteiger partial charge is 0.0854 e. The summed E-state index contributed by atoms with van der Waals surface area (Å²) in [6.45, 7) is 19.0. The minimum atomic E-state index is -0.445. The van der Waals surface area contributed by atoms with Crippen molar-refractivity contribution in [3.63, 3.8) is 0 Å². The van der Waals surface area contributed by atoms with Crippen LogP contribution in [0.4, 0.5) is 0 Å². The number of aliphatic hydroxyl groups is 1. The zero-order valence-electron chi connectivity index (χ0n) is 17.6. The van der Waals surface area contributed by atoms with Gasteiger partial charge < -0.3 is 19.9 Å². The van der Waals surface area contributed by atoms with E-state index in [9.17, 15) is 0 Å². The number of nitrogens with one attached hydrogen (secondary N) is 1. The van der Waals surface area contributed by atoms with Crippen LogP contribution in [0, 0.1) is 5.92 Å². The van der Waals surface area contributed by atoms with E-state index in [1.54, 1.807) is 6.08 Å². The van der Waals surface area contributed by atoms with Crippen molar-refractivity contribution >= 4 is 0 Å². The van der Waals surface area contributed by atoms with Crippen LogP contribution in [-0.2, 0) is 9.47 Å². The fourth-order valence-electron chi connectivity index (χ4n) is 2.92. The van der Waals surface area contributed by atoms with Gasteiger partial charge in [-0.25, -0.2) is 0 Å². The molecule has 0 radical (unpaired) electrons. The van der Waals surface area contributed by atoms with Crippen LogP contribution in [0.5, 0.6) is 0 Å². The van der Waals surface area contributed by atoms with Crippen LogP contribution < -0.4 is 5.32 Å². The minimum Gasteiger partial charge on any atom is -0.394 e. The van der Waals surface area contributed by atoms with Crippen LogP contribution in [0.2, 0.25) is 0 Å². The molecule has 0 aliphatic carbocycles. The summed E-state index contributed by atoms with van der Waals surface area (Å²) in [5.41, 5.74) is -0.570. The molecule has 0 saturated carbocycles. The van der Waals surface area contributed by atoms with Gasteiger partial charge in [0.1, 0.15) is 0 Å². The Morgan fingerprint density at radius 2 is 1.76 bits per heavy atom. The van der Waals surface area contributed by atoms with E-state index < -0.39 is 5.60 Å². The lowest BCUT2D eigenvalue weighted by molar-refractivity contribution is -0.0768. The Kier molecular flexibility index (Phi) is 12.6. The van der Waals surface area contributed by atoms with Crippen LogP contribution in [0.15, 0.2) is 12.7 Å². The fraction of sp³-hybridized carbons (Fsp3) is 0.905. The first-order valence-electron chi connectivity index (χ1n) is 10.1. The molecular formula is C21H43NO3. The molecule has 2 N–H and O–H groups in total. The van der Waals surface area contributed by atoms with Gasteiger partial charge in [0, 0.05) is 12.5 Å². The van der Waals surface area contributed by atoms with E-state index in [-0.39, 0.29) is 12.2 Å². The molecule has 0 aliphatic rings. The van der Waals surface area contributed by atoms with Crippen LogP contribution in [0.25, 0.3) is 0 Å². The van der Waals surface area contributed by atoms with Gasteiger partial charge in [-0.1, -0.05) is 40.2 Å². The fourth-order valence-corrected chi connectivity index (χ4v) is 2.92. The van der Waals surface area contributed by atoms with Crippen molar-refractivity contribution in [3.8, 4) is 0 Å². The van der Waals surface area contributed by atoms with Gasteiger partial charge >= 0.3 is 0 Å². The summed E-state index contributed by atoms with van der Waals surface area (Å²) in [6.07, 6.45) is 6.90. The van der Waals surface area contributed by atoms with E-state index in [1.165, 1.54) is 12.8 Å². The third-order valence-electron chi connectivity index (χ3n) is 5.58. The predicted octanol–water partition coefficient (Wildman–Crippen LogP) is 4.32. The molecule has 0 saturated heterocycles. The van der Waals surface area contributed by atoms with Gasteiger partial charge in [-0.2, -0.15) is 0 Å². The Hall–Kier alpha value is -0.420. The quantitative estimate of drug-likeness (QED) is 0.404. The van der Waals surface area contributed by atoms with Gasteiger partial charge in [-0.3, -0.25) is 0 Å². The first kappa shape index (κ1) is 24.6. The predicted molar refractivity (Wildman–Crippen MR) is 107 cm³/mol. The van der Waals surface area contributed by atoms with E-state index in [1.807, 2.05) is 6.92 Å². The molecule has 25 heavy (non-hydrogen) atoms. The van der Waals surface area contributed by atoms with Crippen LogP contribution in [0.1, 0.15) is 73.6 Å². The lowest BCUT2D eigenvalue weighted by atomic mass is 9.95. The number of ether oxygens (including phenoxy) is 2. The second-order valence-corrected chi connectivity index (χ2v) is 7.60. The second-order valence-electron chi connectivity index (χ2n) is 7.60. The van der Waals surface area contributed by atoms with E-state index in [4.69, 9.17) is 14.6 Å². The molecule has 0 aliphatic heterocycles. The highest BCUT2D eigenvalue weighted by molar-refractivity contribution is 4.94. The Labute approximate surface area is 156 Å². The minimum absolute atomic E-state index is 0.0252. The maximum absolute atomic E-state index is 8.94. The molecule has 0 bridgehead atoms. The highest BCUT2D eigenvalue weighted by Gasteiger charge is 2.26. The largest absolute Gasteiger partial charge is 0.394 e. The number of hydrogen-bond donors (Lipinski definition) is 2. The van der Waals surface area contributed by atoms with Gasteiger partial charge in [-0.05, 0) is 45.6 Å². The molecule has 0 aromatic carbocycles. The summed E-state index contributed by atoms with van der Waals surface area (Å²) in [7, 11) is 0. The normalized spacial score (nSPS) is 19.0. The molecule has 150 valence electrons. The standard InChI is InChI=1S/C21H43NO3/c1-8-18(5)19(9-2)22-14-12-20(6,10-3)24-16-13-21(7,11-4)25-17-15-23/h11,18-19,22-23H,4,8-10,12-17H2,1-3,5-7H3. The summed E-state index contributed by atoms with van der Waals surface area (Å²) in [5.74, 6) is 0.704. The van der Waals surface area contributed by atoms with Crippen molar-refractivity contribution in [3.05, 3.63) is 12.7 Å². The maximum Gasteiger partial charge on any atom is 0.0854 e. The second kappa shape index (κ2) is 12.9. The van der Waals surface area contributed by atoms with E-state index in [2.05, 4.69) is 46.5 Å². The zero-order valence-corrected chi connectivity index (χ0v) is 17.6. The highest BCUT2D eigenvalue weighted by atomic mass is 16.5. The van der Waals surface area contributed by atoms with Crippen molar-refractivity contribution in [1.82, 2.24) is 5.32 Å². The Balaban J connectivity index is 4.37. The summed E-state index contributed by atoms with van der Waals surface area (Å²) in [5, 5.41) is 12.6. The first-order chi connectivity index (χ1) is 11.8. The SMILES string of the molecule is C=CC(C)(CCOC(C)(CC)CCNC(CC)C(C)CC)OCCO. The monoisotopic (exact) mass is 357 g/mol. The average Bonchev–Trinajstić information content (AvgIpc) is 2.63. The van der Waals surface area contributed by atoms with Crippen molar-refractivity contribution in [2.45, 2.75) is 90.9 Å². The van der Waals surface area contributed by atoms with Crippen molar-refractivity contribution in [2.24, 2.45) is 5.92 Å². The van der Waals surface area contributed by atoms with Gasteiger partial charge in [0.05, 0.1) is 31.0 Å². The molecule has 0 amide bonds. The lowest BCUT2D eigenvalue weighted by Gasteiger charge is -2.33. The van der Waals surface area contributed by atoms with Crippen molar-refractivity contribution in [2.75, 3.05) is 26.4 Å². The van der Waals surface area contributed by atoms with Gasteiger partial charge in [0.15, 0.2) is 0 Å². The summed E-state index contributed by atoms with van der Waals surface area (Å²) in [4.78, 5) is 0. The molecule has 0 heterocycles. The molecule has 4 heteroatoms. The van der Waals surface area contributed by atoms with Crippen LogP contribution in [-0.4, -0.2) is 48.7 Å². The zero-order chi connectivity index (χ0) is 19.3. The van der Waals surface area contributed by atoms with E-state index in [0.29, 0.717) is 25.2 Å². The molecule has 0 spiro atoms. The van der Waals surface area contributed by atoms with Crippen LogP contribution >= 0.6 is 0 Å². The molecular weight excluding hydrogens is 314 g/mol. The molecule has 0 rings (SSSR count). The molecule has 4 unspecified atom stereocenters. The molecule has 4 atom stereocenters. The molecule has 0 aromatic rings. The Bertz CT molecular complexity index is 350. The van der Waals surface area contributed by atoms with Crippen LogP contribution in [0.3, 0.4) is 0 Å². The third kappa shape index (κ3) is 9.74. The molecule has 0 aromatic heterocycles. The van der Waals surface area contributed by atoms with Gasteiger partial charge in [0.25, 0.3) is 0 Å². The number of aliphatic hydroxyl groups excluding tert-OH is 1. The maximum atomic E-state index is 8.94. The Morgan fingerprint density at radius 1 is 1.08 bits per heavy atom. The number of rotatable bonds is 16. The highest BCUT2D eigenvalue weighted by Crippen LogP contribution is 2.23. The summed E-state index contributed by atoms with van der Waals surface area (Å²) in [6, 6.07) is 0.585. The third-order valence-corrected chi connectivity index (χ3v) is 5.58.